The highest BCUT2D eigenvalue weighted by molar-refractivity contribution is 5.78. The van der Waals surface area contributed by atoms with Gasteiger partial charge in [-0.15, -0.1) is 0 Å². The van der Waals surface area contributed by atoms with E-state index in [0.717, 1.165) is 12.2 Å². The molecule has 0 aromatic heterocycles. The van der Waals surface area contributed by atoms with E-state index in [0.29, 0.717) is 19.4 Å². The van der Waals surface area contributed by atoms with Crippen molar-refractivity contribution in [3.63, 3.8) is 0 Å². The first-order valence-electron chi connectivity index (χ1n) is 7.60. The molecule has 1 aromatic rings. The molecule has 0 aliphatic heterocycles. The predicted octanol–water partition coefficient (Wildman–Crippen LogP) is 3.25. The van der Waals surface area contributed by atoms with E-state index < -0.39 is 11.5 Å². The largest absolute Gasteiger partial charge is 0.494 e. The molecule has 0 aliphatic rings. The van der Waals surface area contributed by atoms with Gasteiger partial charge in [-0.3, -0.25) is 10.1 Å². The Morgan fingerprint density at radius 1 is 1.43 bits per heavy atom. The van der Waals surface area contributed by atoms with Crippen LogP contribution in [0.4, 0.5) is 0 Å². The lowest BCUT2D eigenvalue weighted by molar-refractivity contribution is -0.144. The van der Waals surface area contributed by atoms with Gasteiger partial charge in [0.15, 0.2) is 0 Å². The van der Waals surface area contributed by atoms with E-state index in [2.05, 4.69) is 18.3 Å². The van der Waals surface area contributed by atoms with Gasteiger partial charge in [-0.05, 0) is 57.7 Å². The van der Waals surface area contributed by atoms with Crippen molar-refractivity contribution in [3.8, 4) is 5.75 Å². The average Bonchev–Trinajstić information content (AvgIpc) is 2.43. The third kappa shape index (κ3) is 5.76. The fourth-order valence-corrected chi connectivity index (χ4v) is 2.35. The van der Waals surface area contributed by atoms with Crippen LogP contribution in [0.3, 0.4) is 0 Å². The van der Waals surface area contributed by atoms with Crippen molar-refractivity contribution in [1.29, 1.82) is 0 Å². The Labute approximate surface area is 127 Å². The van der Waals surface area contributed by atoms with Gasteiger partial charge in [-0.2, -0.15) is 0 Å². The first-order valence-corrected chi connectivity index (χ1v) is 7.60. The Hall–Kier alpha value is -1.55. The molecule has 4 heteroatoms. The van der Waals surface area contributed by atoms with Crippen LogP contribution in [0.2, 0.25) is 0 Å². The van der Waals surface area contributed by atoms with Crippen LogP contribution in [0.1, 0.15) is 46.1 Å². The fourth-order valence-electron chi connectivity index (χ4n) is 2.35. The number of aliphatic carboxylic acids is 1. The maximum atomic E-state index is 11.4. The van der Waals surface area contributed by atoms with Crippen molar-refractivity contribution in [2.75, 3.05) is 6.61 Å². The number of nitrogens with one attached hydrogen (secondary N) is 1. The molecule has 0 fully saturated rings. The van der Waals surface area contributed by atoms with Crippen LogP contribution in [0, 0.1) is 0 Å². The van der Waals surface area contributed by atoms with E-state index in [1.165, 1.54) is 5.56 Å². The molecule has 1 atom stereocenters. The van der Waals surface area contributed by atoms with Crippen molar-refractivity contribution in [2.24, 2.45) is 0 Å². The molecule has 1 rings (SSSR count). The molecule has 0 saturated heterocycles. The standard InChI is InChI=1S/C17H27NO3/c1-5-14-8-6-9-15(12-14)21-11-7-10-17(4,16(19)20)18-13(2)3/h6,8-9,12-13,18H,5,7,10-11H2,1-4H3,(H,19,20). The minimum absolute atomic E-state index is 0.133. The van der Waals surface area contributed by atoms with Crippen molar-refractivity contribution in [1.82, 2.24) is 5.32 Å². The van der Waals surface area contributed by atoms with E-state index in [4.69, 9.17) is 4.74 Å². The second-order valence-corrected chi connectivity index (χ2v) is 5.89. The van der Waals surface area contributed by atoms with Crippen molar-refractivity contribution in [2.45, 2.75) is 58.5 Å². The van der Waals surface area contributed by atoms with Crippen LogP contribution < -0.4 is 10.1 Å². The molecule has 0 bridgehead atoms. The van der Waals surface area contributed by atoms with E-state index in [-0.39, 0.29) is 6.04 Å². The summed E-state index contributed by atoms with van der Waals surface area (Å²) in [7, 11) is 0. The summed E-state index contributed by atoms with van der Waals surface area (Å²) in [6, 6.07) is 8.15. The molecule has 1 aromatic carbocycles. The molecule has 0 aliphatic carbocycles. The number of benzene rings is 1. The number of aryl methyl sites for hydroxylation is 1. The Balaban J connectivity index is 2.45. The third-order valence-corrected chi connectivity index (χ3v) is 3.48. The van der Waals surface area contributed by atoms with Gasteiger partial charge in [0.25, 0.3) is 0 Å². The molecule has 4 nitrogen and oxygen atoms in total. The van der Waals surface area contributed by atoms with Crippen LogP contribution in [-0.2, 0) is 11.2 Å². The summed E-state index contributed by atoms with van der Waals surface area (Å²) >= 11 is 0. The zero-order chi connectivity index (χ0) is 15.9. The fraction of sp³-hybridized carbons (Fsp3) is 0.588. The predicted molar refractivity (Wildman–Crippen MR) is 84.9 cm³/mol. The van der Waals surface area contributed by atoms with Gasteiger partial charge in [0, 0.05) is 6.04 Å². The van der Waals surface area contributed by atoms with Gasteiger partial charge >= 0.3 is 5.97 Å². The number of hydrogen-bond donors (Lipinski definition) is 2. The Morgan fingerprint density at radius 3 is 2.71 bits per heavy atom. The molecular weight excluding hydrogens is 266 g/mol. The zero-order valence-electron chi connectivity index (χ0n) is 13.5. The second-order valence-electron chi connectivity index (χ2n) is 5.89. The Bertz CT molecular complexity index is 459. The van der Waals surface area contributed by atoms with Crippen LogP contribution in [-0.4, -0.2) is 29.3 Å². The summed E-state index contributed by atoms with van der Waals surface area (Å²) in [6.45, 7) is 8.26. The number of carbonyl (C=O) groups is 1. The molecule has 2 N–H and O–H groups in total. The quantitative estimate of drug-likeness (QED) is 0.686. The number of rotatable bonds is 9. The minimum Gasteiger partial charge on any atom is -0.494 e. The highest BCUT2D eigenvalue weighted by atomic mass is 16.5. The molecule has 0 heterocycles. The lowest BCUT2D eigenvalue weighted by Crippen LogP contribution is -2.52. The van der Waals surface area contributed by atoms with Gasteiger partial charge in [0.2, 0.25) is 0 Å². The molecule has 0 amide bonds. The zero-order valence-corrected chi connectivity index (χ0v) is 13.5. The summed E-state index contributed by atoms with van der Waals surface area (Å²) in [5.74, 6) is 0.0346. The normalized spacial score (nSPS) is 14.0. The molecule has 0 radical (unpaired) electrons. The van der Waals surface area contributed by atoms with Gasteiger partial charge in [-0.25, -0.2) is 0 Å². The lowest BCUT2D eigenvalue weighted by Gasteiger charge is -2.28. The maximum Gasteiger partial charge on any atom is 0.323 e. The highest BCUT2D eigenvalue weighted by Gasteiger charge is 2.32. The van der Waals surface area contributed by atoms with Gasteiger partial charge in [-0.1, -0.05) is 19.1 Å². The van der Waals surface area contributed by atoms with E-state index in [1.54, 1.807) is 6.92 Å². The summed E-state index contributed by atoms with van der Waals surface area (Å²) in [5.41, 5.74) is 0.340. The molecular formula is C17H27NO3. The number of hydrogen-bond acceptors (Lipinski definition) is 3. The van der Waals surface area contributed by atoms with Gasteiger partial charge in [0.1, 0.15) is 11.3 Å². The van der Waals surface area contributed by atoms with Crippen LogP contribution in [0.15, 0.2) is 24.3 Å². The SMILES string of the molecule is CCc1cccc(OCCCC(C)(NC(C)C)C(=O)O)c1. The van der Waals surface area contributed by atoms with Crippen molar-refractivity contribution < 1.29 is 14.6 Å². The van der Waals surface area contributed by atoms with Crippen LogP contribution in [0.5, 0.6) is 5.75 Å². The number of ether oxygens (including phenoxy) is 1. The average molecular weight is 293 g/mol. The summed E-state index contributed by atoms with van der Waals surface area (Å²) < 4.78 is 5.71. The summed E-state index contributed by atoms with van der Waals surface area (Å²) in [4.78, 5) is 11.4. The first kappa shape index (κ1) is 17.5. The van der Waals surface area contributed by atoms with Gasteiger partial charge < -0.3 is 9.84 Å². The van der Waals surface area contributed by atoms with E-state index >= 15 is 0 Å². The smallest absolute Gasteiger partial charge is 0.323 e. The Kier molecular flexibility index (Phi) is 6.69. The van der Waals surface area contributed by atoms with Crippen LogP contribution >= 0.6 is 0 Å². The van der Waals surface area contributed by atoms with Crippen molar-refractivity contribution >= 4 is 5.97 Å². The first-order chi connectivity index (χ1) is 9.87. The van der Waals surface area contributed by atoms with E-state index in [1.807, 2.05) is 32.0 Å². The molecule has 21 heavy (non-hydrogen) atoms. The number of carboxylic acids is 1. The maximum absolute atomic E-state index is 11.4. The monoisotopic (exact) mass is 293 g/mol. The molecule has 1 unspecified atom stereocenters. The molecule has 118 valence electrons. The second kappa shape index (κ2) is 8.03. The molecule has 0 spiro atoms. The topological polar surface area (TPSA) is 58.6 Å². The summed E-state index contributed by atoms with van der Waals surface area (Å²) in [6.07, 6.45) is 2.21. The number of carboxylic acid groups (broad SMARTS) is 1. The Morgan fingerprint density at radius 2 is 2.14 bits per heavy atom. The van der Waals surface area contributed by atoms with Crippen molar-refractivity contribution in [3.05, 3.63) is 29.8 Å². The summed E-state index contributed by atoms with van der Waals surface area (Å²) in [5, 5.41) is 12.5. The highest BCUT2D eigenvalue weighted by Crippen LogP contribution is 2.17. The third-order valence-electron chi connectivity index (χ3n) is 3.48. The lowest BCUT2D eigenvalue weighted by atomic mass is 9.95. The van der Waals surface area contributed by atoms with Gasteiger partial charge in [0.05, 0.1) is 6.61 Å². The van der Waals surface area contributed by atoms with Crippen LogP contribution in [0.25, 0.3) is 0 Å². The molecule has 0 saturated carbocycles. The minimum atomic E-state index is -0.900. The van der Waals surface area contributed by atoms with E-state index in [9.17, 15) is 9.90 Å².